The summed E-state index contributed by atoms with van der Waals surface area (Å²) in [4.78, 5) is 33.2. The predicted octanol–water partition coefficient (Wildman–Crippen LogP) is 3.63. The summed E-state index contributed by atoms with van der Waals surface area (Å²) in [5, 5.41) is 13.2. The summed E-state index contributed by atoms with van der Waals surface area (Å²) in [5.74, 6) is -0.0765. The van der Waals surface area contributed by atoms with Crippen LogP contribution >= 0.6 is 0 Å². The summed E-state index contributed by atoms with van der Waals surface area (Å²) in [5.41, 5.74) is 2.09. The number of pyridine rings is 1. The molecule has 2 unspecified atom stereocenters. The van der Waals surface area contributed by atoms with Crippen molar-refractivity contribution in [3.63, 3.8) is 0 Å². The summed E-state index contributed by atoms with van der Waals surface area (Å²) in [6, 6.07) is 5.05. The molecule has 0 saturated heterocycles. The Morgan fingerprint density at radius 1 is 1.28 bits per heavy atom. The summed E-state index contributed by atoms with van der Waals surface area (Å²) in [7, 11) is 1.67. The highest BCUT2D eigenvalue weighted by molar-refractivity contribution is 5.87. The molecule has 3 aromatic rings. The van der Waals surface area contributed by atoms with E-state index in [4.69, 9.17) is 0 Å². The van der Waals surface area contributed by atoms with Crippen molar-refractivity contribution in [1.82, 2.24) is 19.1 Å². The van der Waals surface area contributed by atoms with Gasteiger partial charge in [0.1, 0.15) is 11.3 Å². The Hall–Kier alpha value is -3.16. The Morgan fingerprint density at radius 2 is 2.07 bits per heavy atom. The molecule has 2 N–H and O–H groups in total. The molecule has 3 aromatic heterocycles. The number of hydrogen-bond acceptors (Lipinski definition) is 5. The first-order valence-corrected chi connectivity index (χ1v) is 9.90. The molecular formula is C21H25N5O3. The van der Waals surface area contributed by atoms with Crippen molar-refractivity contribution in [2.75, 3.05) is 5.32 Å². The van der Waals surface area contributed by atoms with Gasteiger partial charge in [0.15, 0.2) is 0 Å². The average molecular weight is 395 g/mol. The predicted molar refractivity (Wildman–Crippen MR) is 111 cm³/mol. The van der Waals surface area contributed by atoms with Gasteiger partial charge in [-0.2, -0.15) is 4.98 Å². The number of nitrogens with zero attached hydrogens (tertiary/aromatic N) is 4. The van der Waals surface area contributed by atoms with E-state index in [9.17, 15) is 14.7 Å². The van der Waals surface area contributed by atoms with Gasteiger partial charge in [0.05, 0.1) is 11.4 Å². The quantitative estimate of drug-likeness (QED) is 0.699. The highest BCUT2D eigenvalue weighted by Crippen LogP contribution is 2.33. The number of carboxylic acids is 1. The Labute approximate surface area is 168 Å². The molecule has 4 rings (SSSR count). The zero-order valence-corrected chi connectivity index (χ0v) is 16.8. The van der Waals surface area contributed by atoms with Crippen LogP contribution in [0.25, 0.3) is 11.0 Å². The average Bonchev–Trinajstić information content (AvgIpc) is 3.02. The molecule has 0 bridgehead atoms. The minimum absolute atomic E-state index is 0.0477. The van der Waals surface area contributed by atoms with Crippen LogP contribution in [0.4, 0.5) is 11.6 Å². The highest BCUT2D eigenvalue weighted by Gasteiger charge is 2.24. The normalized spacial score (nSPS) is 19.4. The van der Waals surface area contributed by atoms with E-state index in [1.807, 2.05) is 11.5 Å². The Balaban J connectivity index is 1.79. The molecule has 1 aliphatic rings. The minimum atomic E-state index is -1.00. The van der Waals surface area contributed by atoms with Crippen LogP contribution in [0.5, 0.6) is 0 Å². The summed E-state index contributed by atoms with van der Waals surface area (Å²) < 4.78 is 3.34. The Morgan fingerprint density at radius 3 is 2.76 bits per heavy atom. The van der Waals surface area contributed by atoms with Crippen LogP contribution in [0.2, 0.25) is 0 Å². The fraction of sp³-hybridized carbons (Fsp3) is 0.429. The fourth-order valence-electron chi connectivity index (χ4n) is 4.30. The van der Waals surface area contributed by atoms with Gasteiger partial charge in [-0.05, 0) is 37.8 Å². The SMILES string of the molecule is Cc1nc(Nc2cc(C(=O)O)n(C)c2)nc2c1ccc(=O)n2C1CCCC(C)C1. The molecule has 0 spiro atoms. The molecule has 1 saturated carbocycles. The second-order valence-corrected chi connectivity index (χ2v) is 7.99. The fourth-order valence-corrected chi connectivity index (χ4v) is 4.30. The third-order valence-corrected chi connectivity index (χ3v) is 5.73. The second kappa shape index (κ2) is 7.35. The van der Waals surface area contributed by atoms with Gasteiger partial charge >= 0.3 is 5.97 Å². The van der Waals surface area contributed by atoms with Crippen molar-refractivity contribution in [2.24, 2.45) is 13.0 Å². The molecule has 8 nitrogen and oxygen atoms in total. The zero-order valence-electron chi connectivity index (χ0n) is 16.8. The van der Waals surface area contributed by atoms with E-state index >= 15 is 0 Å². The van der Waals surface area contributed by atoms with Crippen LogP contribution in [0.3, 0.4) is 0 Å². The van der Waals surface area contributed by atoms with E-state index in [0.717, 1.165) is 30.3 Å². The maximum Gasteiger partial charge on any atom is 0.352 e. The number of nitrogens with one attached hydrogen (secondary N) is 1. The number of aryl methyl sites for hydroxylation is 2. The summed E-state index contributed by atoms with van der Waals surface area (Å²) >= 11 is 0. The van der Waals surface area contributed by atoms with Gasteiger partial charge in [0.25, 0.3) is 5.56 Å². The van der Waals surface area contributed by atoms with Crippen molar-refractivity contribution in [3.8, 4) is 0 Å². The van der Waals surface area contributed by atoms with Crippen LogP contribution < -0.4 is 10.9 Å². The van der Waals surface area contributed by atoms with Gasteiger partial charge in [-0.1, -0.05) is 19.8 Å². The first-order chi connectivity index (χ1) is 13.8. The molecule has 0 aromatic carbocycles. The number of aromatic nitrogens is 4. The first kappa shape index (κ1) is 19.2. The number of hydrogen-bond donors (Lipinski definition) is 2. The molecule has 0 radical (unpaired) electrons. The van der Waals surface area contributed by atoms with Crippen molar-refractivity contribution >= 4 is 28.6 Å². The monoisotopic (exact) mass is 395 g/mol. The van der Waals surface area contributed by atoms with Crippen molar-refractivity contribution < 1.29 is 9.90 Å². The lowest BCUT2D eigenvalue weighted by Gasteiger charge is -2.29. The van der Waals surface area contributed by atoms with E-state index in [0.29, 0.717) is 23.2 Å². The Kier molecular flexibility index (Phi) is 4.86. The van der Waals surface area contributed by atoms with Crippen molar-refractivity contribution in [1.29, 1.82) is 0 Å². The molecule has 1 aliphatic carbocycles. The lowest BCUT2D eigenvalue weighted by molar-refractivity contribution is 0.0686. The number of fused-ring (bicyclic) bond motifs is 1. The van der Waals surface area contributed by atoms with Gasteiger partial charge in [-0.3, -0.25) is 9.36 Å². The van der Waals surface area contributed by atoms with E-state index in [2.05, 4.69) is 22.2 Å². The molecule has 152 valence electrons. The number of anilines is 2. The van der Waals surface area contributed by atoms with Crippen LogP contribution in [0, 0.1) is 12.8 Å². The van der Waals surface area contributed by atoms with Crippen LogP contribution in [0.15, 0.2) is 29.2 Å². The number of carboxylic acid groups (broad SMARTS) is 1. The van der Waals surface area contributed by atoms with Gasteiger partial charge in [-0.25, -0.2) is 9.78 Å². The molecule has 3 heterocycles. The Bertz CT molecular complexity index is 1150. The first-order valence-electron chi connectivity index (χ1n) is 9.90. The van der Waals surface area contributed by atoms with Crippen LogP contribution in [0.1, 0.15) is 54.8 Å². The second-order valence-electron chi connectivity index (χ2n) is 7.99. The van der Waals surface area contributed by atoms with Gasteiger partial charge in [0.2, 0.25) is 5.95 Å². The summed E-state index contributed by atoms with van der Waals surface area (Å²) in [6.07, 6.45) is 5.90. The number of rotatable bonds is 4. The van der Waals surface area contributed by atoms with Crippen LogP contribution in [-0.2, 0) is 7.05 Å². The van der Waals surface area contributed by atoms with Gasteiger partial charge < -0.3 is 15.0 Å². The van der Waals surface area contributed by atoms with E-state index in [-0.39, 0.29) is 17.3 Å². The van der Waals surface area contributed by atoms with Gasteiger partial charge in [-0.15, -0.1) is 0 Å². The van der Waals surface area contributed by atoms with Gasteiger partial charge in [0, 0.05) is 30.7 Å². The molecular weight excluding hydrogens is 370 g/mol. The van der Waals surface area contributed by atoms with E-state index < -0.39 is 5.97 Å². The highest BCUT2D eigenvalue weighted by atomic mass is 16.4. The molecule has 1 fully saturated rings. The summed E-state index contributed by atoms with van der Waals surface area (Å²) in [6.45, 7) is 4.12. The lowest BCUT2D eigenvalue weighted by atomic mass is 9.87. The topological polar surface area (TPSA) is 102 Å². The number of carbonyl (C=O) groups is 1. The molecule has 0 amide bonds. The third-order valence-electron chi connectivity index (χ3n) is 5.73. The largest absolute Gasteiger partial charge is 0.477 e. The smallest absolute Gasteiger partial charge is 0.352 e. The van der Waals surface area contributed by atoms with Crippen molar-refractivity contribution in [2.45, 2.75) is 45.6 Å². The molecule has 2 atom stereocenters. The standard InChI is InChI=1S/C21H25N5O3/c1-12-5-4-6-15(9-12)26-18(27)8-7-16-13(2)22-21(24-19(16)26)23-14-10-17(20(28)29)25(3)11-14/h7-8,10-12,15H,4-6,9H2,1-3H3,(H,28,29)(H,22,23,24). The third kappa shape index (κ3) is 3.62. The van der Waals surface area contributed by atoms with E-state index in [1.165, 1.54) is 17.1 Å². The maximum absolute atomic E-state index is 12.8. The minimum Gasteiger partial charge on any atom is -0.477 e. The number of aromatic carboxylic acids is 1. The van der Waals surface area contributed by atoms with Crippen LogP contribution in [-0.4, -0.2) is 30.2 Å². The maximum atomic E-state index is 12.8. The zero-order chi connectivity index (χ0) is 20.7. The molecule has 29 heavy (non-hydrogen) atoms. The molecule has 0 aliphatic heterocycles. The molecule has 8 heteroatoms. The van der Waals surface area contributed by atoms with E-state index in [1.54, 1.807) is 25.4 Å². The van der Waals surface area contributed by atoms with Crippen molar-refractivity contribution in [3.05, 3.63) is 46.1 Å². The lowest BCUT2D eigenvalue weighted by Crippen LogP contribution is -2.28.